The Hall–Kier alpha value is -1.35. The highest BCUT2D eigenvalue weighted by Crippen LogP contribution is 2.09. The van der Waals surface area contributed by atoms with Gasteiger partial charge in [0, 0.05) is 24.2 Å². The van der Waals surface area contributed by atoms with E-state index in [1.165, 1.54) is 25.7 Å². The SMILES string of the molecule is CCCCN(CCCC)CCC(=O)c1ccc(N)cc1. The summed E-state index contributed by atoms with van der Waals surface area (Å²) < 4.78 is 0. The average molecular weight is 276 g/mol. The first-order chi connectivity index (χ1) is 9.67. The second-order valence-electron chi connectivity index (χ2n) is 5.34. The van der Waals surface area contributed by atoms with Gasteiger partial charge in [0.25, 0.3) is 0 Å². The van der Waals surface area contributed by atoms with E-state index in [1.807, 2.05) is 12.1 Å². The van der Waals surface area contributed by atoms with Gasteiger partial charge in [-0.2, -0.15) is 0 Å². The molecular weight excluding hydrogens is 248 g/mol. The molecule has 112 valence electrons. The molecule has 0 fully saturated rings. The summed E-state index contributed by atoms with van der Waals surface area (Å²) in [5.74, 6) is 0.211. The van der Waals surface area contributed by atoms with Crippen LogP contribution in [-0.4, -0.2) is 30.3 Å². The Labute approximate surface area is 123 Å². The average Bonchev–Trinajstić information content (AvgIpc) is 2.47. The highest BCUT2D eigenvalue weighted by atomic mass is 16.1. The van der Waals surface area contributed by atoms with Gasteiger partial charge in [0.1, 0.15) is 0 Å². The number of nitrogens with two attached hydrogens (primary N) is 1. The molecule has 0 unspecified atom stereocenters. The summed E-state index contributed by atoms with van der Waals surface area (Å²) in [5, 5.41) is 0. The van der Waals surface area contributed by atoms with Crippen LogP contribution in [0.1, 0.15) is 56.3 Å². The lowest BCUT2D eigenvalue weighted by molar-refractivity contribution is 0.0963. The summed E-state index contributed by atoms with van der Waals surface area (Å²) in [7, 11) is 0. The fourth-order valence-corrected chi connectivity index (χ4v) is 2.17. The van der Waals surface area contributed by atoms with Crippen LogP contribution >= 0.6 is 0 Å². The van der Waals surface area contributed by atoms with E-state index in [-0.39, 0.29) is 5.78 Å². The van der Waals surface area contributed by atoms with Crippen LogP contribution in [0.3, 0.4) is 0 Å². The van der Waals surface area contributed by atoms with Crippen LogP contribution in [-0.2, 0) is 0 Å². The number of nitrogen functional groups attached to an aromatic ring is 1. The van der Waals surface area contributed by atoms with Gasteiger partial charge < -0.3 is 10.6 Å². The van der Waals surface area contributed by atoms with Gasteiger partial charge in [-0.25, -0.2) is 0 Å². The number of hydrogen-bond acceptors (Lipinski definition) is 3. The first kappa shape index (κ1) is 16.7. The second kappa shape index (κ2) is 9.54. The number of benzene rings is 1. The molecule has 0 aromatic heterocycles. The fourth-order valence-electron chi connectivity index (χ4n) is 2.17. The summed E-state index contributed by atoms with van der Waals surface area (Å²) in [6, 6.07) is 7.22. The lowest BCUT2D eigenvalue weighted by Gasteiger charge is -2.21. The van der Waals surface area contributed by atoms with Gasteiger partial charge in [-0.05, 0) is 50.2 Å². The Morgan fingerprint density at radius 1 is 1.00 bits per heavy atom. The Bertz CT molecular complexity index is 378. The molecule has 0 amide bonds. The Morgan fingerprint density at radius 3 is 2.05 bits per heavy atom. The molecule has 20 heavy (non-hydrogen) atoms. The number of carbonyl (C=O) groups is 1. The molecule has 2 N–H and O–H groups in total. The monoisotopic (exact) mass is 276 g/mol. The zero-order valence-electron chi connectivity index (χ0n) is 12.9. The standard InChI is InChI=1S/C17H28N2O/c1-3-5-12-19(13-6-4-2)14-11-17(20)15-7-9-16(18)10-8-15/h7-10H,3-6,11-14,18H2,1-2H3. The van der Waals surface area contributed by atoms with Crippen molar-refractivity contribution in [2.45, 2.75) is 46.0 Å². The van der Waals surface area contributed by atoms with Crippen LogP contribution in [0.4, 0.5) is 5.69 Å². The van der Waals surface area contributed by atoms with E-state index >= 15 is 0 Å². The van der Waals surface area contributed by atoms with Crippen LogP contribution in [0, 0.1) is 0 Å². The van der Waals surface area contributed by atoms with Gasteiger partial charge in [0.15, 0.2) is 5.78 Å². The van der Waals surface area contributed by atoms with Crippen molar-refractivity contribution in [2.75, 3.05) is 25.4 Å². The number of unbranched alkanes of at least 4 members (excludes halogenated alkanes) is 2. The van der Waals surface area contributed by atoms with E-state index in [1.54, 1.807) is 12.1 Å². The molecule has 0 saturated heterocycles. The lowest BCUT2D eigenvalue weighted by atomic mass is 10.1. The van der Waals surface area contributed by atoms with E-state index in [4.69, 9.17) is 5.73 Å². The number of rotatable bonds is 10. The molecule has 0 aliphatic carbocycles. The van der Waals surface area contributed by atoms with Crippen molar-refractivity contribution in [1.82, 2.24) is 4.90 Å². The van der Waals surface area contributed by atoms with Crippen LogP contribution in [0.15, 0.2) is 24.3 Å². The van der Waals surface area contributed by atoms with Crippen LogP contribution in [0.25, 0.3) is 0 Å². The molecule has 0 atom stereocenters. The van der Waals surface area contributed by atoms with Gasteiger partial charge in [-0.3, -0.25) is 4.79 Å². The molecule has 0 spiro atoms. The molecule has 3 nitrogen and oxygen atoms in total. The molecule has 0 heterocycles. The Balaban J connectivity index is 2.44. The van der Waals surface area contributed by atoms with Gasteiger partial charge in [-0.15, -0.1) is 0 Å². The van der Waals surface area contributed by atoms with Crippen molar-refractivity contribution >= 4 is 11.5 Å². The fraction of sp³-hybridized carbons (Fsp3) is 0.588. The lowest BCUT2D eigenvalue weighted by Crippen LogP contribution is -2.28. The van der Waals surface area contributed by atoms with Gasteiger partial charge in [0.2, 0.25) is 0 Å². The molecule has 0 bridgehead atoms. The first-order valence-corrected chi connectivity index (χ1v) is 7.78. The van der Waals surface area contributed by atoms with E-state index in [9.17, 15) is 4.79 Å². The van der Waals surface area contributed by atoms with Crippen molar-refractivity contribution in [3.63, 3.8) is 0 Å². The van der Waals surface area contributed by atoms with Gasteiger partial charge >= 0.3 is 0 Å². The topological polar surface area (TPSA) is 46.3 Å². The van der Waals surface area contributed by atoms with Crippen molar-refractivity contribution in [2.24, 2.45) is 0 Å². The normalized spacial score (nSPS) is 10.9. The third-order valence-corrected chi connectivity index (χ3v) is 3.54. The van der Waals surface area contributed by atoms with Crippen molar-refractivity contribution in [1.29, 1.82) is 0 Å². The minimum atomic E-state index is 0.211. The summed E-state index contributed by atoms with van der Waals surface area (Å²) >= 11 is 0. The second-order valence-corrected chi connectivity index (χ2v) is 5.34. The van der Waals surface area contributed by atoms with Crippen LogP contribution in [0.5, 0.6) is 0 Å². The van der Waals surface area contributed by atoms with Crippen molar-refractivity contribution in [3.05, 3.63) is 29.8 Å². The van der Waals surface area contributed by atoms with E-state index in [0.29, 0.717) is 12.1 Å². The quantitative estimate of drug-likeness (QED) is 0.523. The third kappa shape index (κ3) is 6.20. The Kier molecular flexibility index (Phi) is 7.97. The minimum Gasteiger partial charge on any atom is -0.399 e. The summed E-state index contributed by atoms with van der Waals surface area (Å²) in [4.78, 5) is 14.6. The molecule has 0 saturated carbocycles. The van der Waals surface area contributed by atoms with Crippen molar-refractivity contribution in [3.8, 4) is 0 Å². The maximum Gasteiger partial charge on any atom is 0.164 e. The third-order valence-electron chi connectivity index (χ3n) is 3.54. The highest BCUT2D eigenvalue weighted by Gasteiger charge is 2.09. The maximum absolute atomic E-state index is 12.1. The molecule has 1 rings (SSSR count). The number of hydrogen-bond donors (Lipinski definition) is 1. The number of anilines is 1. The van der Waals surface area contributed by atoms with Crippen LogP contribution in [0.2, 0.25) is 0 Å². The molecule has 3 heteroatoms. The van der Waals surface area contributed by atoms with Gasteiger partial charge in [-0.1, -0.05) is 26.7 Å². The zero-order valence-corrected chi connectivity index (χ0v) is 12.9. The molecule has 0 aliphatic rings. The molecule has 0 aliphatic heterocycles. The predicted molar refractivity (Wildman–Crippen MR) is 86.1 cm³/mol. The molecule has 0 radical (unpaired) electrons. The number of carbonyl (C=O) groups excluding carboxylic acids is 1. The predicted octanol–water partition coefficient (Wildman–Crippen LogP) is 3.74. The van der Waals surface area contributed by atoms with E-state index < -0.39 is 0 Å². The zero-order chi connectivity index (χ0) is 14.8. The van der Waals surface area contributed by atoms with E-state index in [0.717, 1.165) is 25.2 Å². The van der Waals surface area contributed by atoms with E-state index in [2.05, 4.69) is 18.7 Å². The maximum atomic E-state index is 12.1. The van der Waals surface area contributed by atoms with Gasteiger partial charge in [0.05, 0.1) is 0 Å². The summed E-state index contributed by atoms with van der Waals surface area (Å²) in [5.41, 5.74) is 7.11. The van der Waals surface area contributed by atoms with Crippen LogP contribution < -0.4 is 5.73 Å². The molecule has 1 aromatic carbocycles. The number of ketones is 1. The summed E-state index contributed by atoms with van der Waals surface area (Å²) in [6.45, 7) is 7.48. The number of Topliss-reactive ketones (excluding diaryl/α,β-unsaturated/α-hetero) is 1. The van der Waals surface area contributed by atoms with Crippen molar-refractivity contribution < 1.29 is 4.79 Å². The smallest absolute Gasteiger partial charge is 0.164 e. The Morgan fingerprint density at radius 2 is 1.55 bits per heavy atom. The largest absolute Gasteiger partial charge is 0.399 e. The summed E-state index contributed by atoms with van der Waals surface area (Å²) in [6.07, 6.45) is 5.42. The number of nitrogens with zero attached hydrogens (tertiary/aromatic N) is 1. The molecule has 1 aromatic rings. The highest BCUT2D eigenvalue weighted by molar-refractivity contribution is 5.96. The molecular formula is C17H28N2O. The first-order valence-electron chi connectivity index (χ1n) is 7.78. The minimum absolute atomic E-state index is 0.211.